The maximum atomic E-state index is 12.1. The van der Waals surface area contributed by atoms with Gasteiger partial charge in [0.25, 0.3) is 11.6 Å². The summed E-state index contributed by atoms with van der Waals surface area (Å²) < 4.78 is 5.46. The van der Waals surface area contributed by atoms with Crippen molar-refractivity contribution in [3.8, 4) is 5.75 Å². The molecule has 0 aliphatic rings. The van der Waals surface area contributed by atoms with E-state index in [0.29, 0.717) is 10.8 Å². The molecule has 1 N–H and O–H groups in total. The van der Waals surface area contributed by atoms with Gasteiger partial charge in [0.2, 0.25) is 0 Å². The lowest BCUT2D eigenvalue weighted by atomic mass is 10.2. The van der Waals surface area contributed by atoms with Gasteiger partial charge in [-0.15, -0.1) is 0 Å². The monoisotopic (exact) mass is 354 g/mol. The van der Waals surface area contributed by atoms with Crippen LogP contribution in [0.15, 0.2) is 42.5 Å². The van der Waals surface area contributed by atoms with Crippen LogP contribution >= 0.6 is 23.2 Å². The van der Waals surface area contributed by atoms with Gasteiger partial charge in [0.15, 0.2) is 6.10 Å². The normalized spacial score (nSPS) is 11.6. The molecule has 2 aromatic carbocycles. The van der Waals surface area contributed by atoms with Crippen LogP contribution < -0.4 is 10.1 Å². The summed E-state index contributed by atoms with van der Waals surface area (Å²) in [5, 5.41) is 14.1. The molecule has 0 saturated heterocycles. The van der Waals surface area contributed by atoms with Gasteiger partial charge < -0.3 is 10.1 Å². The highest BCUT2D eigenvalue weighted by atomic mass is 35.5. The number of halogens is 2. The molecule has 0 radical (unpaired) electrons. The summed E-state index contributed by atoms with van der Waals surface area (Å²) in [7, 11) is 0. The number of carbonyl (C=O) groups is 1. The van der Waals surface area contributed by atoms with Crippen LogP contribution in [0.25, 0.3) is 0 Å². The highest BCUT2D eigenvalue weighted by Gasteiger charge is 2.20. The van der Waals surface area contributed by atoms with E-state index in [0.717, 1.165) is 0 Å². The van der Waals surface area contributed by atoms with E-state index in [1.165, 1.54) is 31.2 Å². The van der Waals surface area contributed by atoms with Gasteiger partial charge >= 0.3 is 0 Å². The first-order valence-corrected chi connectivity index (χ1v) is 7.30. The first-order chi connectivity index (χ1) is 10.9. The minimum Gasteiger partial charge on any atom is -0.479 e. The molecule has 0 heterocycles. The molecule has 23 heavy (non-hydrogen) atoms. The number of hydrogen-bond acceptors (Lipinski definition) is 4. The number of amides is 1. The van der Waals surface area contributed by atoms with Crippen LogP contribution in [0.2, 0.25) is 10.0 Å². The van der Waals surface area contributed by atoms with Crippen molar-refractivity contribution in [1.29, 1.82) is 0 Å². The van der Waals surface area contributed by atoms with E-state index in [9.17, 15) is 14.9 Å². The Morgan fingerprint density at radius 2 is 1.96 bits per heavy atom. The van der Waals surface area contributed by atoms with Crippen molar-refractivity contribution in [2.24, 2.45) is 0 Å². The van der Waals surface area contributed by atoms with Crippen LogP contribution in [0.5, 0.6) is 5.75 Å². The van der Waals surface area contributed by atoms with Gasteiger partial charge in [0, 0.05) is 11.1 Å². The van der Waals surface area contributed by atoms with E-state index in [-0.39, 0.29) is 16.4 Å². The van der Waals surface area contributed by atoms with Crippen LogP contribution in [0.3, 0.4) is 0 Å². The topological polar surface area (TPSA) is 81.5 Å². The summed E-state index contributed by atoms with van der Waals surface area (Å²) >= 11 is 11.8. The molecule has 120 valence electrons. The van der Waals surface area contributed by atoms with E-state index >= 15 is 0 Å². The van der Waals surface area contributed by atoms with Crippen molar-refractivity contribution in [3.05, 3.63) is 62.6 Å². The van der Waals surface area contributed by atoms with Crippen LogP contribution in [-0.4, -0.2) is 16.9 Å². The van der Waals surface area contributed by atoms with E-state index in [2.05, 4.69) is 5.32 Å². The van der Waals surface area contributed by atoms with Crippen molar-refractivity contribution in [3.63, 3.8) is 0 Å². The van der Waals surface area contributed by atoms with E-state index in [4.69, 9.17) is 27.9 Å². The van der Waals surface area contributed by atoms with Crippen LogP contribution in [-0.2, 0) is 4.79 Å². The predicted molar refractivity (Wildman–Crippen MR) is 88.3 cm³/mol. The Morgan fingerprint density at radius 1 is 1.26 bits per heavy atom. The predicted octanol–water partition coefficient (Wildman–Crippen LogP) is 4.31. The Hall–Kier alpha value is -2.31. The van der Waals surface area contributed by atoms with Crippen molar-refractivity contribution in [1.82, 2.24) is 0 Å². The minimum atomic E-state index is -0.909. The second-order valence-electron chi connectivity index (χ2n) is 4.60. The van der Waals surface area contributed by atoms with Gasteiger partial charge in [-0.1, -0.05) is 35.3 Å². The number of nitro groups is 1. The average molecular weight is 355 g/mol. The van der Waals surface area contributed by atoms with Gasteiger partial charge in [-0.05, 0) is 31.2 Å². The third kappa shape index (κ3) is 4.34. The molecule has 0 saturated carbocycles. The van der Waals surface area contributed by atoms with Crippen LogP contribution in [0.4, 0.5) is 11.4 Å². The zero-order valence-electron chi connectivity index (χ0n) is 12.0. The average Bonchev–Trinajstić information content (AvgIpc) is 2.50. The molecule has 1 amide bonds. The second kappa shape index (κ2) is 7.30. The smallest absolute Gasteiger partial charge is 0.292 e. The standard InChI is InChI=1S/C15H12Cl2N2O4/c1-9(23-14-7-6-10(16)8-11(14)17)15(20)18-12-4-2-3-5-13(12)19(21)22/h2-9H,1H3,(H,18,20)/t9-/m1/s1. The van der Waals surface area contributed by atoms with Crippen molar-refractivity contribution < 1.29 is 14.5 Å². The minimum absolute atomic E-state index is 0.0974. The molecule has 0 unspecified atom stereocenters. The maximum Gasteiger partial charge on any atom is 0.292 e. The number of benzene rings is 2. The van der Waals surface area contributed by atoms with Gasteiger partial charge in [-0.3, -0.25) is 14.9 Å². The van der Waals surface area contributed by atoms with Gasteiger partial charge in [0.05, 0.1) is 9.95 Å². The lowest BCUT2D eigenvalue weighted by Gasteiger charge is -2.15. The number of nitrogens with zero attached hydrogens (tertiary/aromatic N) is 1. The number of hydrogen-bond donors (Lipinski definition) is 1. The number of nitrogens with one attached hydrogen (secondary N) is 1. The first-order valence-electron chi connectivity index (χ1n) is 6.54. The molecule has 8 heteroatoms. The lowest BCUT2D eigenvalue weighted by Crippen LogP contribution is -2.30. The lowest BCUT2D eigenvalue weighted by molar-refractivity contribution is -0.383. The quantitative estimate of drug-likeness (QED) is 0.640. The number of ether oxygens (including phenoxy) is 1. The summed E-state index contributed by atoms with van der Waals surface area (Å²) in [5.74, 6) is -0.244. The maximum absolute atomic E-state index is 12.1. The fourth-order valence-electron chi connectivity index (χ4n) is 1.79. The number of nitro benzene ring substituents is 1. The number of carbonyl (C=O) groups excluding carboxylic acids is 1. The van der Waals surface area contributed by atoms with Gasteiger partial charge in [0.1, 0.15) is 11.4 Å². The SMILES string of the molecule is C[C@@H](Oc1ccc(Cl)cc1Cl)C(=O)Nc1ccccc1[N+](=O)[O-]. The largest absolute Gasteiger partial charge is 0.479 e. The van der Waals surface area contributed by atoms with E-state index in [1.54, 1.807) is 18.2 Å². The highest BCUT2D eigenvalue weighted by molar-refractivity contribution is 6.35. The Bertz CT molecular complexity index is 752. The third-order valence-electron chi connectivity index (χ3n) is 2.93. The van der Waals surface area contributed by atoms with Crippen LogP contribution in [0, 0.1) is 10.1 Å². The molecule has 0 bridgehead atoms. The molecule has 2 aromatic rings. The summed E-state index contributed by atoms with van der Waals surface area (Å²) in [6.07, 6.45) is -0.909. The summed E-state index contributed by atoms with van der Waals surface area (Å²) in [6.45, 7) is 1.51. The zero-order chi connectivity index (χ0) is 17.0. The Balaban J connectivity index is 2.10. The molecule has 2 rings (SSSR count). The van der Waals surface area contributed by atoms with Crippen molar-refractivity contribution in [2.75, 3.05) is 5.32 Å². The Morgan fingerprint density at radius 3 is 2.61 bits per heavy atom. The third-order valence-corrected chi connectivity index (χ3v) is 3.46. The molecular formula is C15H12Cl2N2O4. The molecular weight excluding hydrogens is 343 g/mol. The van der Waals surface area contributed by atoms with E-state index < -0.39 is 16.9 Å². The van der Waals surface area contributed by atoms with Crippen molar-refractivity contribution in [2.45, 2.75) is 13.0 Å². The molecule has 0 aromatic heterocycles. The number of para-hydroxylation sites is 2. The summed E-state index contributed by atoms with van der Waals surface area (Å²) in [6, 6.07) is 10.5. The zero-order valence-corrected chi connectivity index (χ0v) is 13.5. The summed E-state index contributed by atoms with van der Waals surface area (Å²) in [4.78, 5) is 22.5. The highest BCUT2D eigenvalue weighted by Crippen LogP contribution is 2.29. The number of rotatable bonds is 5. The fraction of sp³-hybridized carbons (Fsp3) is 0.133. The molecule has 0 fully saturated rings. The molecule has 6 nitrogen and oxygen atoms in total. The molecule has 0 aliphatic carbocycles. The molecule has 0 spiro atoms. The Kier molecular flexibility index (Phi) is 5.41. The fourth-order valence-corrected chi connectivity index (χ4v) is 2.24. The molecule has 0 aliphatic heterocycles. The van der Waals surface area contributed by atoms with Gasteiger partial charge in [-0.25, -0.2) is 0 Å². The Labute approximate surface area is 142 Å². The van der Waals surface area contributed by atoms with E-state index in [1.807, 2.05) is 0 Å². The van der Waals surface area contributed by atoms with Crippen LogP contribution in [0.1, 0.15) is 6.92 Å². The van der Waals surface area contributed by atoms with Gasteiger partial charge in [-0.2, -0.15) is 0 Å². The van der Waals surface area contributed by atoms with Crippen molar-refractivity contribution >= 4 is 40.5 Å². The first kappa shape index (κ1) is 17.1. The second-order valence-corrected chi connectivity index (χ2v) is 5.44. The molecule has 1 atom stereocenters. The number of anilines is 1. The summed E-state index contributed by atoms with van der Waals surface area (Å²) in [5.41, 5.74) is -0.0993.